The lowest BCUT2D eigenvalue weighted by Gasteiger charge is -2.34. The monoisotopic (exact) mass is 600 g/mol. The van der Waals surface area contributed by atoms with Crippen LogP contribution >= 0.6 is 11.3 Å². The van der Waals surface area contributed by atoms with Gasteiger partial charge >= 0.3 is 5.97 Å². The van der Waals surface area contributed by atoms with Crippen LogP contribution in [-0.4, -0.2) is 63.3 Å². The summed E-state index contributed by atoms with van der Waals surface area (Å²) in [6.45, 7) is 8.11. The van der Waals surface area contributed by atoms with Crippen LogP contribution in [0.5, 0.6) is 11.5 Å². The summed E-state index contributed by atoms with van der Waals surface area (Å²) in [5.74, 6) is 0.358. The van der Waals surface area contributed by atoms with E-state index in [9.17, 15) is 18.0 Å². The Bertz CT molecular complexity index is 1560. The number of esters is 1. The summed E-state index contributed by atoms with van der Waals surface area (Å²) in [4.78, 5) is 27.1. The van der Waals surface area contributed by atoms with Gasteiger partial charge in [0.25, 0.3) is 5.91 Å². The van der Waals surface area contributed by atoms with Crippen LogP contribution in [0.4, 0.5) is 5.00 Å². The van der Waals surface area contributed by atoms with Gasteiger partial charge in [0, 0.05) is 30.0 Å². The van der Waals surface area contributed by atoms with Crippen LogP contribution < -0.4 is 14.8 Å². The number of sulfonamides is 1. The predicted octanol–water partition coefficient (Wildman–Crippen LogP) is 4.60. The molecule has 218 valence electrons. The number of carbonyl (C=O) groups is 2. The van der Waals surface area contributed by atoms with Gasteiger partial charge in [0.1, 0.15) is 5.00 Å². The Morgan fingerprint density at radius 3 is 2.41 bits per heavy atom. The van der Waals surface area contributed by atoms with Gasteiger partial charge < -0.3 is 24.3 Å². The number of fused-ring (bicyclic) bond motifs is 1. The van der Waals surface area contributed by atoms with Gasteiger partial charge in [-0.15, -0.1) is 11.3 Å². The van der Waals surface area contributed by atoms with Gasteiger partial charge in [-0.1, -0.05) is 6.07 Å². The lowest BCUT2D eigenvalue weighted by atomic mass is 10.1. The van der Waals surface area contributed by atoms with Crippen LogP contribution in [0.1, 0.15) is 57.5 Å². The van der Waals surface area contributed by atoms with Crippen molar-refractivity contribution in [2.75, 3.05) is 31.8 Å². The van der Waals surface area contributed by atoms with E-state index >= 15 is 0 Å². The molecule has 1 N–H and O–H groups in total. The molecule has 0 aliphatic carbocycles. The van der Waals surface area contributed by atoms with E-state index in [-0.39, 0.29) is 49.2 Å². The summed E-state index contributed by atoms with van der Waals surface area (Å²) in [7, 11) is -3.74. The van der Waals surface area contributed by atoms with Crippen molar-refractivity contribution in [1.29, 1.82) is 0 Å². The van der Waals surface area contributed by atoms with Crippen LogP contribution in [0.2, 0.25) is 0 Å². The largest absolute Gasteiger partial charge is 0.462 e. The second kappa shape index (κ2) is 11.8. The maximum absolute atomic E-state index is 13.2. The third-order valence-corrected chi connectivity index (χ3v) is 9.95. The Morgan fingerprint density at radius 2 is 1.73 bits per heavy atom. The summed E-state index contributed by atoms with van der Waals surface area (Å²) < 4.78 is 49.6. The number of hydrogen-bond acceptors (Lipinski definition) is 9. The zero-order valence-corrected chi connectivity index (χ0v) is 24.9. The highest BCUT2D eigenvalue weighted by Crippen LogP contribution is 2.38. The van der Waals surface area contributed by atoms with Crippen molar-refractivity contribution in [2.24, 2.45) is 0 Å². The number of rotatable bonds is 8. The van der Waals surface area contributed by atoms with Gasteiger partial charge in [0.2, 0.25) is 16.8 Å². The zero-order chi connectivity index (χ0) is 29.3. The van der Waals surface area contributed by atoms with E-state index in [1.54, 1.807) is 6.92 Å². The Hall–Kier alpha value is -3.45. The Morgan fingerprint density at radius 1 is 1.05 bits per heavy atom. The summed E-state index contributed by atoms with van der Waals surface area (Å²) >= 11 is 1.30. The van der Waals surface area contributed by atoms with Crippen molar-refractivity contribution in [3.05, 3.63) is 69.6 Å². The number of anilines is 1. The molecule has 2 aliphatic heterocycles. The van der Waals surface area contributed by atoms with E-state index < -0.39 is 21.9 Å². The molecule has 5 rings (SSSR count). The van der Waals surface area contributed by atoms with Gasteiger partial charge in [-0.3, -0.25) is 4.79 Å². The molecule has 1 aromatic heterocycles. The van der Waals surface area contributed by atoms with E-state index in [4.69, 9.17) is 18.9 Å². The normalized spacial score (nSPS) is 18.7. The summed E-state index contributed by atoms with van der Waals surface area (Å²) in [5.41, 5.74) is 2.24. The molecule has 2 atom stereocenters. The highest BCUT2D eigenvalue weighted by molar-refractivity contribution is 7.89. The smallest absolute Gasteiger partial charge is 0.341 e. The average Bonchev–Trinajstić information content (AvgIpc) is 3.52. The molecule has 12 heteroatoms. The zero-order valence-electron chi connectivity index (χ0n) is 23.3. The highest BCUT2D eigenvalue weighted by atomic mass is 32.2. The average molecular weight is 601 g/mol. The molecule has 1 amide bonds. The first-order valence-corrected chi connectivity index (χ1v) is 15.6. The minimum absolute atomic E-state index is 0.0977. The Balaban J connectivity index is 1.37. The van der Waals surface area contributed by atoms with E-state index in [0.717, 1.165) is 16.0 Å². The topological polar surface area (TPSA) is 120 Å². The first-order chi connectivity index (χ1) is 19.6. The number of nitrogens with one attached hydrogen (secondary N) is 1. The lowest BCUT2D eigenvalue weighted by Crippen LogP contribution is -2.48. The summed E-state index contributed by atoms with van der Waals surface area (Å²) in [6, 6.07) is 11.5. The van der Waals surface area contributed by atoms with Crippen molar-refractivity contribution < 1.29 is 37.0 Å². The molecule has 41 heavy (non-hydrogen) atoms. The molecule has 1 fully saturated rings. The number of morpholine rings is 1. The fourth-order valence-corrected chi connectivity index (χ4v) is 7.75. The minimum atomic E-state index is -3.74. The number of benzene rings is 2. The Labute approximate surface area is 243 Å². The Kier molecular flexibility index (Phi) is 8.37. The molecule has 3 heterocycles. The number of nitrogens with zero attached hydrogens (tertiary/aromatic N) is 1. The van der Waals surface area contributed by atoms with Gasteiger partial charge in [0.05, 0.1) is 29.3 Å². The second-order valence-electron chi connectivity index (χ2n) is 10.00. The van der Waals surface area contributed by atoms with E-state index in [1.807, 2.05) is 39.0 Å². The molecule has 0 bridgehead atoms. The van der Waals surface area contributed by atoms with E-state index in [0.29, 0.717) is 28.5 Å². The molecule has 0 saturated carbocycles. The number of hydrogen-bond donors (Lipinski definition) is 1. The second-order valence-corrected chi connectivity index (χ2v) is 13.0. The molecule has 1 saturated heterocycles. The minimum Gasteiger partial charge on any atom is -0.462 e. The van der Waals surface area contributed by atoms with Crippen LogP contribution in [0.25, 0.3) is 0 Å². The van der Waals surface area contributed by atoms with E-state index in [1.165, 1.54) is 39.9 Å². The number of ether oxygens (including phenoxy) is 4. The fraction of sp³-hybridized carbons (Fsp3) is 0.379. The molecule has 2 unspecified atom stereocenters. The molecular weight excluding hydrogens is 568 g/mol. The van der Waals surface area contributed by atoms with Crippen molar-refractivity contribution in [3.8, 4) is 11.5 Å². The fourth-order valence-electron chi connectivity index (χ4n) is 4.93. The third kappa shape index (κ3) is 6.10. The number of carbonyl (C=O) groups excluding carboxylic acids is 2. The predicted molar refractivity (Wildman–Crippen MR) is 154 cm³/mol. The van der Waals surface area contributed by atoms with Crippen molar-refractivity contribution in [1.82, 2.24) is 4.31 Å². The van der Waals surface area contributed by atoms with Crippen LogP contribution in [-0.2, 0) is 25.9 Å². The molecule has 0 radical (unpaired) electrons. The van der Waals surface area contributed by atoms with Gasteiger partial charge in [-0.2, -0.15) is 4.31 Å². The van der Waals surface area contributed by atoms with Crippen LogP contribution in [0, 0.1) is 6.92 Å². The molecule has 2 aromatic carbocycles. The molecule has 10 nitrogen and oxygen atoms in total. The van der Waals surface area contributed by atoms with Crippen LogP contribution in [0.3, 0.4) is 0 Å². The summed E-state index contributed by atoms with van der Waals surface area (Å²) in [6.07, 6.45) is 0.0912. The maximum Gasteiger partial charge on any atom is 0.341 e. The van der Waals surface area contributed by atoms with E-state index in [2.05, 4.69) is 5.32 Å². The molecular formula is C29H32N2O8S2. The summed E-state index contributed by atoms with van der Waals surface area (Å²) in [5, 5.41) is 3.22. The molecule has 3 aromatic rings. The van der Waals surface area contributed by atoms with Crippen molar-refractivity contribution >= 4 is 38.2 Å². The maximum atomic E-state index is 13.2. The van der Waals surface area contributed by atoms with Gasteiger partial charge in [0.15, 0.2) is 11.5 Å². The van der Waals surface area contributed by atoms with Gasteiger partial charge in [-0.25, -0.2) is 13.2 Å². The van der Waals surface area contributed by atoms with Crippen LogP contribution in [0.15, 0.2) is 47.4 Å². The standard InChI is InChI=1S/C29H32N2O8S2/c1-5-36-29(33)26-19(4)25(13-20-6-11-23-24(12-20)38-16-37-23)40-28(26)30-27(32)21-7-9-22(10-8-21)41(34,35)31-14-17(2)39-18(3)15-31/h6-12,17-18H,5,13-16H2,1-4H3,(H,30,32). The highest BCUT2D eigenvalue weighted by Gasteiger charge is 2.32. The SMILES string of the molecule is CCOC(=O)c1c(NC(=O)c2ccc(S(=O)(=O)N3CC(C)OC(C)C3)cc2)sc(Cc2ccc3c(c2)OCO3)c1C. The number of thiophene rings is 1. The first kappa shape index (κ1) is 29.1. The third-order valence-electron chi connectivity index (χ3n) is 6.89. The first-order valence-electron chi connectivity index (χ1n) is 13.3. The molecule has 0 spiro atoms. The van der Waals surface area contributed by atoms with Crippen molar-refractivity contribution in [2.45, 2.75) is 51.2 Å². The number of amides is 1. The quantitative estimate of drug-likeness (QED) is 0.373. The van der Waals surface area contributed by atoms with Crippen molar-refractivity contribution in [3.63, 3.8) is 0 Å². The molecule has 2 aliphatic rings. The van der Waals surface area contributed by atoms with Gasteiger partial charge in [-0.05, 0) is 75.2 Å². The lowest BCUT2D eigenvalue weighted by molar-refractivity contribution is -0.0440.